The normalized spacial score (nSPS) is 19.3. The Bertz CT molecular complexity index is 785. The third-order valence-electron chi connectivity index (χ3n) is 4.49. The lowest BCUT2D eigenvalue weighted by Gasteiger charge is -2.40. The molecule has 1 aliphatic rings. The first-order chi connectivity index (χ1) is 11.3. The lowest BCUT2D eigenvalue weighted by Crippen LogP contribution is -2.52. The Labute approximate surface area is 134 Å². The summed E-state index contributed by atoms with van der Waals surface area (Å²) in [4.78, 5) is 9.23. The highest BCUT2D eigenvalue weighted by molar-refractivity contribution is 5.62. The van der Waals surface area contributed by atoms with Gasteiger partial charge >= 0.3 is 0 Å². The van der Waals surface area contributed by atoms with Gasteiger partial charge in [-0.15, -0.1) is 5.10 Å². The van der Waals surface area contributed by atoms with Crippen molar-refractivity contribution in [3.8, 4) is 0 Å². The van der Waals surface area contributed by atoms with Crippen molar-refractivity contribution in [2.24, 2.45) is 0 Å². The lowest BCUT2D eigenvalue weighted by molar-refractivity contribution is 0.217. The quantitative estimate of drug-likeness (QED) is 0.716. The monoisotopic (exact) mass is 309 g/mol. The van der Waals surface area contributed by atoms with Gasteiger partial charge in [-0.25, -0.2) is 4.98 Å². The zero-order valence-corrected chi connectivity index (χ0v) is 13.1. The number of fused-ring (bicyclic) bond motifs is 1. The second-order valence-electron chi connectivity index (χ2n) is 5.97. The van der Waals surface area contributed by atoms with Gasteiger partial charge in [0.15, 0.2) is 5.82 Å². The van der Waals surface area contributed by atoms with E-state index in [0.29, 0.717) is 6.04 Å². The molecule has 2 aromatic heterocycles. The summed E-state index contributed by atoms with van der Waals surface area (Å²) in [5.41, 5.74) is 2.08. The molecule has 1 saturated heterocycles. The molecule has 0 bridgehead atoms. The molecule has 0 spiro atoms. The highest BCUT2D eigenvalue weighted by Crippen LogP contribution is 2.21. The van der Waals surface area contributed by atoms with Crippen LogP contribution in [0.1, 0.15) is 5.56 Å². The predicted octanol–water partition coefficient (Wildman–Crippen LogP) is 0.882. The summed E-state index contributed by atoms with van der Waals surface area (Å²) in [6.07, 6.45) is 4.56. The molecule has 1 atom stereocenters. The molecule has 1 fully saturated rings. The summed E-state index contributed by atoms with van der Waals surface area (Å²) in [7, 11) is 2.19. The fraction of sp³-hybridized carbons (Fsp3) is 0.375. The Hall–Kier alpha value is -2.54. The van der Waals surface area contributed by atoms with E-state index in [2.05, 4.69) is 67.7 Å². The van der Waals surface area contributed by atoms with E-state index in [1.54, 1.807) is 16.9 Å². The van der Waals surface area contributed by atoms with Gasteiger partial charge in [0.2, 0.25) is 5.65 Å². The topological polar surface area (TPSA) is 62.5 Å². The van der Waals surface area contributed by atoms with Gasteiger partial charge in [-0.3, -0.25) is 4.90 Å². The van der Waals surface area contributed by atoms with Crippen LogP contribution in [0.3, 0.4) is 0 Å². The molecule has 118 valence electrons. The number of piperazine rings is 1. The molecule has 1 aliphatic heterocycles. The van der Waals surface area contributed by atoms with Crippen LogP contribution in [0.25, 0.3) is 5.65 Å². The number of nitrogens with zero attached hydrogens (tertiary/aromatic N) is 7. The van der Waals surface area contributed by atoms with Crippen LogP contribution < -0.4 is 4.90 Å². The van der Waals surface area contributed by atoms with Crippen LogP contribution in [0.5, 0.6) is 0 Å². The molecule has 7 heteroatoms. The molecule has 23 heavy (non-hydrogen) atoms. The van der Waals surface area contributed by atoms with Crippen molar-refractivity contribution < 1.29 is 0 Å². The molecule has 0 N–H and O–H groups in total. The van der Waals surface area contributed by atoms with Crippen LogP contribution in [-0.2, 0) is 6.42 Å². The average molecular weight is 309 g/mol. The summed E-state index contributed by atoms with van der Waals surface area (Å²) in [5.74, 6) is 0.865. The van der Waals surface area contributed by atoms with Crippen LogP contribution in [0.2, 0.25) is 0 Å². The van der Waals surface area contributed by atoms with Crippen molar-refractivity contribution >= 4 is 11.5 Å². The Morgan fingerprint density at radius 3 is 2.91 bits per heavy atom. The number of aromatic nitrogens is 5. The second-order valence-corrected chi connectivity index (χ2v) is 5.97. The fourth-order valence-corrected chi connectivity index (χ4v) is 3.13. The molecule has 0 aliphatic carbocycles. The standard InChI is InChI=1S/C16H19N7/c1-21-9-10-22(12-14(21)11-13-5-3-2-4-6-13)15-16-18-19-20-23(16)8-7-17-15/h2-8,14H,9-12H2,1H3/t14-/m1/s1. The Kier molecular flexibility index (Phi) is 3.63. The minimum absolute atomic E-state index is 0.448. The number of anilines is 1. The van der Waals surface area contributed by atoms with E-state index in [-0.39, 0.29) is 0 Å². The van der Waals surface area contributed by atoms with E-state index < -0.39 is 0 Å². The first kappa shape index (κ1) is 14.1. The van der Waals surface area contributed by atoms with Crippen LogP contribution in [-0.4, -0.2) is 62.6 Å². The van der Waals surface area contributed by atoms with Crippen molar-refractivity contribution in [2.45, 2.75) is 12.5 Å². The van der Waals surface area contributed by atoms with E-state index in [4.69, 9.17) is 0 Å². The van der Waals surface area contributed by atoms with E-state index >= 15 is 0 Å². The summed E-state index contributed by atoms with van der Waals surface area (Å²) < 4.78 is 1.67. The highest BCUT2D eigenvalue weighted by Gasteiger charge is 2.27. The summed E-state index contributed by atoms with van der Waals surface area (Å²) in [6, 6.07) is 11.1. The van der Waals surface area contributed by atoms with Gasteiger partial charge in [-0.05, 0) is 29.5 Å². The van der Waals surface area contributed by atoms with Crippen LogP contribution in [0, 0.1) is 0 Å². The average Bonchev–Trinajstić information content (AvgIpc) is 3.06. The third-order valence-corrected chi connectivity index (χ3v) is 4.49. The van der Waals surface area contributed by atoms with Gasteiger partial charge in [-0.1, -0.05) is 30.3 Å². The SMILES string of the molecule is CN1CCN(c2nccn3nnnc23)C[C@H]1Cc1ccccc1. The molecular weight excluding hydrogens is 290 g/mol. The second kappa shape index (κ2) is 5.92. The molecule has 0 radical (unpaired) electrons. The van der Waals surface area contributed by atoms with E-state index in [1.165, 1.54) is 5.56 Å². The Balaban J connectivity index is 1.58. The van der Waals surface area contributed by atoms with Crippen molar-refractivity contribution in [3.63, 3.8) is 0 Å². The molecule has 4 rings (SSSR count). The molecule has 7 nitrogen and oxygen atoms in total. The summed E-state index contributed by atoms with van der Waals surface area (Å²) in [6.45, 7) is 2.86. The maximum Gasteiger partial charge on any atom is 0.221 e. The number of likely N-dealkylation sites (N-methyl/N-ethyl adjacent to an activating group) is 1. The number of tetrazole rings is 1. The van der Waals surface area contributed by atoms with Gasteiger partial charge in [0.1, 0.15) is 0 Å². The van der Waals surface area contributed by atoms with Crippen molar-refractivity contribution in [2.75, 3.05) is 31.6 Å². The van der Waals surface area contributed by atoms with Gasteiger partial charge in [0.05, 0.1) is 6.20 Å². The van der Waals surface area contributed by atoms with Gasteiger partial charge < -0.3 is 4.90 Å². The van der Waals surface area contributed by atoms with E-state index in [0.717, 1.165) is 37.5 Å². The Morgan fingerprint density at radius 1 is 1.17 bits per heavy atom. The van der Waals surface area contributed by atoms with Crippen LogP contribution in [0.4, 0.5) is 5.82 Å². The number of hydrogen-bond donors (Lipinski definition) is 0. The van der Waals surface area contributed by atoms with Crippen molar-refractivity contribution in [3.05, 3.63) is 48.3 Å². The molecule has 3 heterocycles. The van der Waals surface area contributed by atoms with Crippen LogP contribution >= 0.6 is 0 Å². The molecular formula is C16H19N7. The van der Waals surface area contributed by atoms with Gasteiger partial charge in [0.25, 0.3) is 0 Å². The smallest absolute Gasteiger partial charge is 0.221 e. The summed E-state index contributed by atoms with van der Waals surface area (Å²) in [5, 5.41) is 11.8. The molecule has 0 unspecified atom stereocenters. The zero-order valence-electron chi connectivity index (χ0n) is 13.1. The Morgan fingerprint density at radius 2 is 2.04 bits per heavy atom. The highest BCUT2D eigenvalue weighted by atomic mass is 15.5. The fourth-order valence-electron chi connectivity index (χ4n) is 3.13. The minimum Gasteiger partial charge on any atom is -0.351 e. The van der Waals surface area contributed by atoms with Gasteiger partial charge in [-0.2, -0.15) is 4.52 Å². The van der Waals surface area contributed by atoms with Crippen molar-refractivity contribution in [1.82, 2.24) is 29.9 Å². The number of benzene rings is 1. The maximum atomic E-state index is 4.51. The predicted molar refractivity (Wildman–Crippen MR) is 87.4 cm³/mol. The van der Waals surface area contributed by atoms with E-state index in [9.17, 15) is 0 Å². The van der Waals surface area contributed by atoms with Crippen LogP contribution in [0.15, 0.2) is 42.7 Å². The molecule has 0 saturated carbocycles. The maximum absolute atomic E-state index is 4.51. The molecule has 0 amide bonds. The lowest BCUT2D eigenvalue weighted by atomic mass is 10.0. The third kappa shape index (κ3) is 2.75. The zero-order chi connectivity index (χ0) is 15.6. The summed E-state index contributed by atoms with van der Waals surface area (Å²) >= 11 is 0. The first-order valence-electron chi connectivity index (χ1n) is 7.83. The van der Waals surface area contributed by atoms with E-state index in [1.807, 2.05) is 0 Å². The number of rotatable bonds is 3. The number of hydrogen-bond acceptors (Lipinski definition) is 6. The van der Waals surface area contributed by atoms with Gasteiger partial charge in [0, 0.05) is 31.9 Å². The molecule has 1 aromatic carbocycles. The molecule has 3 aromatic rings. The minimum atomic E-state index is 0.448. The first-order valence-corrected chi connectivity index (χ1v) is 7.83. The van der Waals surface area contributed by atoms with Crippen molar-refractivity contribution in [1.29, 1.82) is 0 Å². The largest absolute Gasteiger partial charge is 0.351 e.